The summed E-state index contributed by atoms with van der Waals surface area (Å²) in [7, 11) is 0. The van der Waals surface area contributed by atoms with E-state index in [0.717, 1.165) is 0 Å². The third-order valence-corrected chi connectivity index (χ3v) is 3.54. The maximum atomic E-state index is 12.4. The number of carbonyl (C=O) groups excluding carboxylic acids is 2. The van der Waals surface area contributed by atoms with E-state index in [-0.39, 0.29) is 11.8 Å². The molecule has 0 atom stereocenters. The largest absolute Gasteiger partial charge is 0.378 e. The van der Waals surface area contributed by atoms with Crippen molar-refractivity contribution in [2.45, 2.75) is 13.8 Å². The van der Waals surface area contributed by atoms with Gasteiger partial charge in [-0.3, -0.25) is 9.59 Å². The highest BCUT2D eigenvalue weighted by atomic mass is 16.5. The minimum atomic E-state index is -0.146. The Bertz CT molecular complexity index is 509. The molecule has 1 saturated heterocycles. The Morgan fingerprint density at radius 1 is 1.19 bits per heavy atom. The maximum absolute atomic E-state index is 12.4. The van der Waals surface area contributed by atoms with Gasteiger partial charge in [0.1, 0.15) is 11.4 Å². The van der Waals surface area contributed by atoms with E-state index < -0.39 is 0 Å². The highest BCUT2D eigenvalue weighted by Gasteiger charge is 2.21. The summed E-state index contributed by atoms with van der Waals surface area (Å²) in [5.74, 6) is -0.288. The van der Waals surface area contributed by atoms with Crippen molar-refractivity contribution in [1.82, 2.24) is 14.8 Å². The molecule has 1 aliphatic rings. The van der Waals surface area contributed by atoms with Crippen LogP contribution in [-0.2, 0) is 4.74 Å². The van der Waals surface area contributed by atoms with E-state index >= 15 is 0 Å². The number of aromatic nitrogens is 1. The molecular weight excluding hydrogens is 270 g/mol. The van der Waals surface area contributed by atoms with Crippen LogP contribution in [0.2, 0.25) is 0 Å². The van der Waals surface area contributed by atoms with Gasteiger partial charge in [0.25, 0.3) is 11.8 Å². The molecule has 1 aromatic heterocycles. The SMILES string of the molecule is CCN(CC)C(=O)c1cccc(C(=O)N2CCOCC2)n1. The number of hydrogen-bond donors (Lipinski definition) is 0. The van der Waals surface area contributed by atoms with Gasteiger partial charge in [-0.05, 0) is 26.0 Å². The van der Waals surface area contributed by atoms with Gasteiger partial charge in [0.15, 0.2) is 0 Å². The molecule has 1 aromatic rings. The third kappa shape index (κ3) is 3.58. The Kier molecular flexibility index (Phi) is 5.27. The van der Waals surface area contributed by atoms with Gasteiger partial charge in [0, 0.05) is 26.2 Å². The minimum absolute atomic E-state index is 0.142. The average molecular weight is 291 g/mol. The number of ether oxygens (including phenoxy) is 1. The first-order chi connectivity index (χ1) is 10.2. The molecule has 0 spiro atoms. The molecule has 0 N–H and O–H groups in total. The molecule has 2 heterocycles. The topological polar surface area (TPSA) is 62.7 Å². The molecule has 6 heteroatoms. The van der Waals surface area contributed by atoms with Crippen molar-refractivity contribution >= 4 is 11.8 Å². The van der Waals surface area contributed by atoms with Crippen LogP contribution < -0.4 is 0 Å². The van der Waals surface area contributed by atoms with E-state index in [4.69, 9.17) is 4.74 Å². The van der Waals surface area contributed by atoms with Crippen LogP contribution in [0.4, 0.5) is 0 Å². The fourth-order valence-corrected chi connectivity index (χ4v) is 2.27. The number of amides is 2. The van der Waals surface area contributed by atoms with Crippen LogP contribution in [0.25, 0.3) is 0 Å². The lowest BCUT2D eigenvalue weighted by Crippen LogP contribution is -2.41. The fraction of sp³-hybridized carbons (Fsp3) is 0.533. The van der Waals surface area contributed by atoms with E-state index in [9.17, 15) is 9.59 Å². The van der Waals surface area contributed by atoms with Crippen molar-refractivity contribution in [1.29, 1.82) is 0 Å². The fourth-order valence-electron chi connectivity index (χ4n) is 2.27. The normalized spacial score (nSPS) is 14.9. The zero-order valence-electron chi connectivity index (χ0n) is 12.5. The molecule has 114 valence electrons. The van der Waals surface area contributed by atoms with Crippen LogP contribution in [-0.4, -0.2) is 66.0 Å². The Hall–Kier alpha value is -1.95. The third-order valence-electron chi connectivity index (χ3n) is 3.54. The second-order valence-corrected chi connectivity index (χ2v) is 4.79. The average Bonchev–Trinajstić information content (AvgIpc) is 2.56. The first kappa shape index (κ1) is 15.4. The second kappa shape index (κ2) is 7.17. The smallest absolute Gasteiger partial charge is 0.272 e. The quantitative estimate of drug-likeness (QED) is 0.831. The van der Waals surface area contributed by atoms with Gasteiger partial charge >= 0.3 is 0 Å². The van der Waals surface area contributed by atoms with E-state index in [1.165, 1.54) is 0 Å². The highest BCUT2D eigenvalue weighted by molar-refractivity contribution is 5.96. The molecule has 0 saturated carbocycles. The predicted octanol–water partition coefficient (Wildman–Crippen LogP) is 1.04. The highest BCUT2D eigenvalue weighted by Crippen LogP contribution is 2.08. The number of nitrogens with zero attached hydrogens (tertiary/aromatic N) is 3. The van der Waals surface area contributed by atoms with Gasteiger partial charge in [-0.25, -0.2) is 4.98 Å². The molecule has 6 nitrogen and oxygen atoms in total. The van der Waals surface area contributed by atoms with Crippen molar-refractivity contribution in [3.8, 4) is 0 Å². The van der Waals surface area contributed by atoms with Crippen LogP contribution >= 0.6 is 0 Å². The monoisotopic (exact) mass is 291 g/mol. The van der Waals surface area contributed by atoms with Gasteiger partial charge in [0.05, 0.1) is 13.2 Å². The standard InChI is InChI=1S/C15H21N3O3/c1-3-17(4-2)14(19)12-6-5-7-13(16-12)15(20)18-8-10-21-11-9-18/h5-7H,3-4,8-11H2,1-2H3. The second-order valence-electron chi connectivity index (χ2n) is 4.79. The van der Waals surface area contributed by atoms with E-state index in [1.807, 2.05) is 13.8 Å². The van der Waals surface area contributed by atoms with Crippen molar-refractivity contribution in [3.05, 3.63) is 29.6 Å². The van der Waals surface area contributed by atoms with Crippen LogP contribution in [0.3, 0.4) is 0 Å². The lowest BCUT2D eigenvalue weighted by Gasteiger charge is -2.26. The van der Waals surface area contributed by atoms with Crippen molar-refractivity contribution in [3.63, 3.8) is 0 Å². The molecule has 0 radical (unpaired) electrons. The van der Waals surface area contributed by atoms with E-state index in [0.29, 0.717) is 50.8 Å². The summed E-state index contributed by atoms with van der Waals surface area (Å²) in [4.78, 5) is 32.3. The van der Waals surface area contributed by atoms with Gasteiger partial charge in [-0.15, -0.1) is 0 Å². The Morgan fingerprint density at radius 3 is 2.43 bits per heavy atom. The van der Waals surface area contributed by atoms with Crippen LogP contribution in [0.1, 0.15) is 34.8 Å². The molecule has 2 amide bonds. The van der Waals surface area contributed by atoms with Crippen LogP contribution in [0.5, 0.6) is 0 Å². The number of rotatable bonds is 4. The first-order valence-electron chi connectivity index (χ1n) is 7.30. The predicted molar refractivity (Wildman–Crippen MR) is 78.2 cm³/mol. The Labute approximate surface area is 124 Å². The summed E-state index contributed by atoms with van der Waals surface area (Å²) in [6.07, 6.45) is 0. The molecule has 21 heavy (non-hydrogen) atoms. The zero-order valence-corrected chi connectivity index (χ0v) is 12.5. The summed E-state index contributed by atoms with van der Waals surface area (Å²) >= 11 is 0. The molecule has 0 aliphatic carbocycles. The number of carbonyl (C=O) groups is 2. The van der Waals surface area contributed by atoms with Crippen LogP contribution in [0, 0.1) is 0 Å². The molecule has 2 rings (SSSR count). The van der Waals surface area contributed by atoms with E-state index in [1.54, 1.807) is 28.0 Å². The summed E-state index contributed by atoms with van der Waals surface area (Å²) in [6, 6.07) is 5.00. The summed E-state index contributed by atoms with van der Waals surface area (Å²) in [6.45, 7) is 7.31. The lowest BCUT2D eigenvalue weighted by molar-refractivity contribution is 0.0299. The summed E-state index contributed by atoms with van der Waals surface area (Å²) < 4.78 is 5.23. The zero-order chi connectivity index (χ0) is 15.2. The lowest BCUT2D eigenvalue weighted by atomic mass is 10.2. The van der Waals surface area contributed by atoms with Crippen LogP contribution in [0.15, 0.2) is 18.2 Å². The minimum Gasteiger partial charge on any atom is -0.378 e. The Morgan fingerprint density at radius 2 is 1.81 bits per heavy atom. The molecule has 1 fully saturated rings. The van der Waals surface area contributed by atoms with Crippen molar-refractivity contribution in [2.75, 3.05) is 39.4 Å². The first-order valence-corrected chi connectivity index (χ1v) is 7.30. The number of morpholine rings is 1. The van der Waals surface area contributed by atoms with Gasteiger partial charge in [0.2, 0.25) is 0 Å². The summed E-state index contributed by atoms with van der Waals surface area (Å²) in [5, 5.41) is 0. The van der Waals surface area contributed by atoms with E-state index in [2.05, 4.69) is 4.98 Å². The molecule has 0 bridgehead atoms. The van der Waals surface area contributed by atoms with Crippen molar-refractivity contribution < 1.29 is 14.3 Å². The molecule has 0 aromatic carbocycles. The Balaban J connectivity index is 2.16. The van der Waals surface area contributed by atoms with Crippen molar-refractivity contribution in [2.24, 2.45) is 0 Å². The maximum Gasteiger partial charge on any atom is 0.272 e. The molecule has 0 unspecified atom stereocenters. The van der Waals surface area contributed by atoms with Gasteiger partial charge in [-0.2, -0.15) is 0 Å². The molecule has 1 aliphatic heterocycles. The van der Waals surface area contributed by atoms with Gasteiger partial charge in [-0.1, -0.05) is 6.07 Å². The molecular formula is C15H21N3O3. The number of hydrogen-bond acceptors (Lipinski definition) is 4. The summed E-state index contributed by atoms with van der Waals surface area (Å²) in [5.41, 5.74) is 0.632. The number of pyridine rings is 1. The van der Waals surface area contributed by atoms with Gasteiger partial charge < -0.3 is 14.5 Å².